The normalized spacial score (nSPS) is 10.5. The predicted molar refractivity (Wildman–Crippen MR) is 80.9 cm³/mol. The van der Waals surface area contributed by atoms with E-state index in [4.69, 9.17) is 4.74 Å². The number of rotatable bonds is 6. The van der Waals surface area contributed by atoms with E-state index in [2.05, 4.69) is 0 Å². The topological polar surface area (TPSA) is 26.3 Å². The van der Waals surface area contributed by atoms with Crippen LogP contribution in [0.2, 0.25) is 0 Å². The molecule has 0 atom stereocenters. The van der Waals surface area contributed by atoms with Crippen molar-refractivity contribution >= 4 is 5.78 Å². The molecule has 0 saturated carbocycles. The third-order valence-corrected chi connectivity index (χ3v) is 3.46. The van der Waals surface area contributed by atoms with Gasteiger partial charge in [0, 0.05) is 6.42 Å². The van der Waals surface area contributed by atoms with Crippen molar-refractivity contribution in [3.05, 3.63) is 64.7 Å². The highest BCUT2D eigenvalue weighted by molar-refractivity contribution is 5.75. The Morgan fingerprint density at radius 1 is 1.14 bits per heavy atom. The van der Waals surface area contributed by atoms with E-state index in [1.165, 1.54) is 19.1 Å². The van der Waals surface area contributed by atoms with Crippen LogP contribution >= 0.6 is 0 Å². The van der Waals surface area contributed by atoms with Gasteiger partial charge in [-0.25, -0.2) is 8.78 Å². The van der Waals surface area contributed by atoms with Crippen molar-refractivity contribution in [2.24, 2.45) is 0 Å². The zero-order chi connectivity index (χ0) is 16.1. The highest BCUT2D eigenvalue weighted by Crippen LogP contribution is 2.25. The van der Waals surface area contributed by atoms with E-state index in [-0.39, 0.29) is 24.6 Å². The van der Waals surface area contributed by atoms with E-state index in [1.807, 2.05) is 31.2 Å². The molecule has 0 aliphatic carbocycles. The molecule has 2 rings (SSSR count). The first kappa shape index (κ1) is 16.1. The molecule has 0 N–H and O–H groups in total. The Kier molecular flexibility index (Phi) is 5.26. The lowest BCUT2D eigenvalue weighted by molar-refractivity contribution is -0.116. The van der Waals surface area contributed by atoms with Crippen molar-refractivity contribution in [2.75, 3.05) is 0 Å². The van der Waals surface area contributed by atoms with E-state index in [0.717, 1.165) is 11.1 Å². The molecule has 2 aromatic carbocycles. The van der Waals surface area contributed by atoms with Crippen molar-refractivity contribution < 1.29 is 18.3 Å². The number of ether oxygens (including phenoxy) is 1. The maximum Gasteiger partial charge on any atom is 0.191 e. The minimum atomic E-state index is -0.743. The lowest BCUT2D eigenvalue weighted by atomic mass is 10.1. The van der Waals surface area contributed by atoms with Gasteiger partial charge in [-0.15, -0.1) is 0 Å². The van der Waals surface area contributed by atoms with Gasteiger partial charge < -0.3 is 9.53 Å². The molecule has 0 heterocycles. The van der Waals surface area contributed by atoms with Gasteiger partial charge in [0.05, 0.1) is 0 Å². The minimum absolute atomic E-state index is 0.0132. The summed E-state index contributed by atoms with van der Waals surface area (Å²) in [6.45, 7) is 3.47. The zero-order valence-corrected chi connectivity index (χ0v) is 12.7. The number of ketones is 1. The predicted octanol–water partition coefficient (Wildman–Crippen LogP) is 4.37. The molecule has 0 saturated heterocycles. The molecule has 0 bridgehead atoms. The van der Waals surface area contributed by atoms with E-state index in [9.17, 15) is 13.6 Å². The molecule has 0 spiro atoms. The molecule has 116 valence electrons. The summed E-state index contributed by atoms with van der Waals surface area (Å²) in [5.41, 5.74) is 2.33. The standard InChI is InChI=1S/C18H18F2O2/c1-12-5-3-4-6-15(12)11-22-18-16(19)9-14(10-17(18)20)8-7-13(2)21/h3-6,9-10H,7-8,11H2,1-2H3. The summed E-state index contributed by atoms with van der Waals surface area (Å²) in [7, 11) is 0. The Bertz CT molecular complexity index is 658. The van der Waals surface area contributed by atoms with Crippen molar-refractivity contribution in [3.63, 3.8) is 0 Å². The quantitative estimate of drug-likeness (QED) is 0.792. The van der Waals surface area contributed by atoms with Gasteiger partial charge >= 0.3 is 0 Å². The summed E-state index contributed by atoms with van der Waals surface area (Å²) in [5.74, 6) is -1.88. The molecule has 0 radical (unpaired) electrons. The molecule has 4 heteroatoms. The first-order valence-electron chi connectivity index (χ1n) is 7.12. The first-order valence-corrected chi connectivity index (χ1v) is 7.12. The Labute approximate surface area is 128 Å². The molecule has 0 amide bonds. The van der Waals surface area contributed by atoms with Crippen molar-refractivity contribution in [1.29, 1.82) is 0 Å². The molecule has 22 heavy (non-hydrogen) atoms. The summed E-state index contributed by atoms with van der Waals surface area (Å²) < 4.78 is 33.3. The van der Waals surface area contributed by atoms with Crippen LogP contribution in [0.25, 0.3) is 0 Å². The van der Waals surface area contributed by atoms with Crippen LogP contribution in [0.1, 0.15) is 30.0 Å². The Morgan fingerprint density at radius 3 is 2.36 bits per heavy atom. The third-order valence-electron chi connectivity index (χ3n) is 3.46. The highest BCUT2D eigenvalue weighted by Gasteiger charge is 2.13. The zero-order valence-electron chi connectivity index (χ0n) is 12.7. The van der Waals surface area contributed by atoms with Crippen LogP contribution in [0.4, 0.5) is 8.78 Å². The number of carbonyl (C=O) groups excluding carboxylic acids is 1. The molecule has 0 unspecified atom stereocenters. The summed E-state index contributed by atoms with van der Waals surface area (Å²) in [6, 6.07) is 9.95. The fourth-order valence-corrected chi connectivity index (χ4v) is 2.14. The summed E-state index contributed by atoms with van der Waals surface area (Å²) >= 11 is 0. The lowest BCUT2D eigenvalue weighted by Crippen LogP contribution is -2.03. The third kappa shape index (κ3) is 4.13. The summed E-state index contributed by atoms with van der Waals surface area (Å²) in [4.78, 5) is 10.9. The second-order valence-electron chi connectivity index (χ2n) is 5.31. The SMILES string of the molecule is CC(=O)CCc1cc(F)c(OCc2ccccc2C)c(F)c1. The lowest BCUT2D eigenvalue weighted by Gasteiger charge is -2.11. The van der Waals surface area contributed by atoms with Crippen molar-refractivity contribution in [1.82, 2.24) is 0 Å². The Hall–Kier alpha value is -2.23. The van der Waals surface area contributed by atoms with Gasteiger partial charge in [-0.2, -0.15) is 0 Å². The molecule has 2 aromatic rings. The Balaban J connectivity index is 2.11. The monoisotopic (exact) mass is 304 g/mol. The first-order chi connectivity index (χ1) is 10.5. The van der Waals surface area contributed by atoms with Crippen LogP contribution in [-0.4, -0.2) is 5.78 Å². The van der Waals surface area contributed by atoms with Crippen LogP contribution < -0.4 is 4.74 Å². The van der Waals surface area contributed by atoms with Crippen LogP contribution in [0.15, 0.2) is 36.4 Å². The molecule has 2 nitrogen and oxygen atoms in total. The average Bonchev–Trinajstić information content (AvgIpc) is 2.46. The van der Waals surface area contributed by atoms with Crippen LogP contribution in [0.3, 0.4) is 0 Å². The van der Waals surface area contributed by atoms with E-state index < -0.39 is 11.6 Å². The van der Waals surface area contributed by atoms with Gasteiger partial charge in [0.2, 0.25) is 0 Å². The van der Waals surface area contributed by atoms with Crippen LogP contribution in [-0.2, 0) is 17.8 Å². The second-order valence-corrected chi connectivity index (χ2v) is 5.31. The number of carbonyl (C=O) groups is 1. The van der Waals surface area contributed by atoms with Gasteiger partial charge in [-0.05, 0) is 49.1 Å². The summed E-state index contributed by atoms with van der Waals surface area (Å²) in [5, 5.41) is 0. The number of hydrogen-bond donors (Lipinski definition) is 0. The highest BCUT2D eigenvalue weighted by atomic mass is 19.1. The van der Waals surface area contributed by atoms with Gasteiger partial charge in [0.25, 0.3) is 0 Å². The summed E-state index contributed by atoms with van der Waals surface area (Å²) in [6.07, 6.45) is 0.587. The largest absolute Gasteiger partial charge is 0.483 e. The maximum atomic E-state index is 14.0. The second kappa shape index (κ2) is 7.16. The number of aryl methyl sites for hydroxylation is 2. The Morgan fingerprint density at radius 2 is 1.77 bits per heavy atom. The molecule has 0 aliphatic rings. The fourth-order valence-electron chi connectivity index (χ4n) is 2.14. The minimum Gasteiger partial charge on any atom is -0.483 e. The number of hydrogen-bond acceptors (Lipinski definition) is 2. The molecular weight excluding hydrogens is 286 g/mol. The smallest absolute Gasteiger partial charge is 0.191 e. The molecule has 0 aromatic heterocycles. The van der Waals surface area contributed by atoms with Crippen molar-refractivity contribution in [3.8, 4) is 5.75 Å². The van der Waals surface area contributed by atoms with E-state index in [1.54, 1.807) is 0 Å². The van der Waals surface area contributed by atoms with Gasteiger partial charge in [0.15, 0.2) is 17.4 Å². The number of halogens is 2. The maximum absolute atomic E-state index is 14.0. The molecule has 0 fully saturated rings. The van der Waals surface area contributed by atoms with Crippen LogP contribution in [0.5, 0.6) is 5.75 Å². The fraction of sp³-hybridized carbons (Fsp3) is 0.278. The van der Waals surface area contributed by atoms with Crippen molar-refractivity contribution in [2.45, 2.75) is 33.3 Å². The molecular formula is C18H18F2O2. The van der Waals surface area contributed by atoms with Gasteiger partial charge in [-0.3, -0.25) is 0 Å². The van der Waals surface area contributed by atoms with E-state index >= 15 is 0 Å². The van der Waals surface area contributed by atoms with E-state index in [0.29, 0.717) is 12.0 Å². The number of benzene rings is 2. The van der Waals surface area contributed by atoms with Crippen LogP contribution in [0, 0.1) is 18.6 Å². The molecule has 0 aliphatic heterocycles. The van der Waals surface area contributed by atoms with Gasteiger partial charge in [0.1, 0.15) is 12.4 Å². The van der Waals surface area contributed by atoms with Gasteiger partial charge in [-0.1, -0.05) is 24.3 Å². The number of Topliss-reactive ketones (excluding diaryl/α,β-unsaturated/α-hetero) is 1. The average molecular weight is 304 g/mol.